The second kappa shape index (κ2) is 6.15. The number of nitrogens with one attached hydrogen (secondary N) is 1. The van der Waals surface area contributed by atoms with Gasteiger partial charge in [0.2, 0.25) is 0 Å². The van der Waals surface area contributed by atoms with Crippen LogP contribution in [-0.4, -0.2) is 17.5 Å². The van der Waals surface area contributed by atoms with Crippen molar-refractivity contribution in [2.24, 2.45) is 0 Å². The third kappa shape index (κ3) is 3.09. The molecule has 112 valence electrons. The smallest absolute Gasteiger partial charge is 0.257 e. The van der Waals surface area contributed by atoms with Gasteiger partial charge in [-0.05, 0) is 55.8 Å². The van der Waals surface area contributed by atoms with E-state index in [1.807, 2.05) is 26.0 Å². The number of ether oxygens (including phenoxy) is 1. The Bertz CT molecular complexity index is 809. The minimum atomic E-state index is -0.168. The van der Waals surface area contributed by atoms with E-state index in [1.54, 1.807) is 24.3 Å². The van der Waals surface area contributed by atoms with E-state index in [2.05, 4.69) is 16.4 Å². The first-order valence-electron chi connectivity index (χ1n) is 7.07. The molecule has 0 aliphatic rings. The van der Waals surface area contributed by atoms with Gasteiger partial charge in [-0.3, -0.25) is 10.1 Å². The summed E-state index contributed by atoms with van der Waals surface area (Å²) in [5.41, 5.74) is 2.66. The number of carbonyl (C=O) groups is 1. The van der Waals surface area contributed by atoms with Crippen molar-refractivity contribution in [2.45, 2.75) is 13.8 Å². The molecule has 3 rings (SSSR count). The van der Waals surface area contributed by atoms with Crippen molar-refractivity contribution in [3.63, 3.8) is 0 Å². The van der Waals surface area contributed by atoms with E-state index >= 15 is 0 Å². The SMILES string of the molecule is CCOc1ccc(C(=O)Nc2nc3ccc(C)cc3s2)cc1. The Morgan fingerprint density at radius 1 is 1.23 bits per heavy atom. The van der Waals surface area contributed by atoms with E-state index < -0.39 is 0 Å². The number of anilines is 1. The van der Waals surface area contributed by atoms with Gasteiger partial charge in [-0.15, -0.1) is 0 Å². The summed E-state index contributed by atoms with van der Waals surface area (Å²) in [6.07, 6.45) is 0. The van der Waals surface area contributed by atoms with Crippen molar-refractivity contribution in [3.05, 3.63) is 53.6 Å². The average Bonchev–Trinajstić information content (AvgIpc) is 2.89. The van der Waals surface area contributed by atoms with Crippen molar-refractivity contribution >= 4 is 32.6 Å². The molecule has 0 atom stereocenters. The fourth-order valence-electron chi connectivity index (χ4n) is 2.12. The highest BCUT2D eigenvalue weighted by Crippen LogP contribution is 2.27. The molecule has 0 fully saturated rings. The number of aryl methyl sites for hydroxylation is 1. The molecule has 0 spiro atoms. The summed E-state index contributed by atoms with van der Waals surface area (Å²) in [7, 11) is 0. The highest BCUT2D eigenvalue weighted by molar-refractivity contribution is 7.22. The van der Waals surface area contributed by atoms with Gasteiger partial charge in [-0.2, -0.15) is 0 Å². The molecule has 0 saturated carbocycles. The molecule has 0 radical (unpaired) electrons. The van der Waals surface area contributed by atoms with Crippen LogP contribution < -0.4 is 10.1 Å². The van der Waals surface area contributed by atoms with Crippen LogP contribution in [0.1, 0.15) is 22.8 Å². The summed E-state index contributed by atoms with van der Waals surface area (Å²) < 4.78 is 6.44. The van der Waals surface area contributed by atoms with Crippen molar-refractivity contribution in [1.82, 2.24) is 4.98 Å². The fourth-order valence-corrected chi connectivity index (χ4v) is 3.08. The van der Waals surface area contributed by atoms with Crippen LogP contribution >= 0.6 is 11.3 Å². The Balaban J connectivity index is 1.77. The zero-order valence-corrected chi connectivity index (χ0v) is 13.2. The quantitative estimate of drug-likeness (QED) is 0.783. The van der Waals surface area contributed by atoms with Gasteiger partial charge in [0.15, 0.2) is 5.13 Å². The van der Waals surface area contributed by atoms with E-state index in [9.17, 15) is 4.79 Å². The number of rotatable bonds is 4. The number of fused-ring (bicyclic) bond motifs is 1. The van der Waals surface area contributed by atoms with Crippen molar-refractivity contribution < 1.29 is 9.53 Å². The van der Waals surface area contributed by atoms with Crippen molar-refractivity contribution in [1.29, 1.82) is 0 Å². The van der Waals surface area contributed by atoms with E-state index in [0.717, 1.165) is 16.0 Å². The van der Waals surface area contributed by atoms with Gasteiger partial charge >= 0.3 is 0 Å². The summed E-state index contributed by atoms with van der Waals surface area (Å²) in [4.78, 5) is 16.7. The predicted molar refractivity (Wildman–Crippen MR) is 89.9 cm³/mol. The number of benzene rings is 2. The molecule has 22 heavy (non-hydrogen) atoms. The monoisotopic (exact) mass is 312 g/mol. The first-order valence-corrected chi connectivity index (χ1v) is 7.89. The second-order valence-electron chi connectivity index (χ2n) is 4.90. The van der Waals surface area contributed by atoms with Crippen LogP contribution in [0.4, 0.5) is 5.13 Å². The van der Waals surface area contributed by atoms with Crippen LogP contribution in [0.2, 0.25) is 0 Å². The van der Waals surface area contributed by atoms with Gasteiger partial charge in [0, 0.05) is 5.56 Å². The van der Waals surface area contributed by atoms with Gasteiger partial charge in [0.05, 0.1) is 16.8 Å². The Morgan fingerprint density at radius 2 is 2.00 bits per heavy atom. The van der Waals surface area contributed by atoms with E-state index in [0.29, 0.717) is 17.3 Å². The maximum absolute atomic E-state index is 12.2. The molecule has 5 heteroatoms. The van der Waals surface area contributed by atoms with Crippen molar-refractivity contribution in [2.75, 3.05) is 11.9 Å². The number of amides is 1. The third-order valence-electron chi connectivity index (χ3n) is 3.19. The van der Waals surface area contributed by atoms with Crippen LogP contribution in [0.5, 0.6) is 5.75 Å². The van der Waals surface area contributed by atoms with E-state index in [1.165, 1.54) is 16.9 Å². The molecule has 0 aliphatic carbocycles. The largest absolute Gasteiger partial charge is 0.494 e. The summed E-state index contributed by atoms with van der Waals surface area (Å²) in [6.45, 7) is 4.57. The molecule has 1 aromatic heterocycles. The number of carbonyl (C=O) groups excluding carboxylic acids is 1. The topological polar surface area (TPSA) is 51.2 Å². The highest BCUT2D eigenvalue weighted by atomic mass is 32.1. The first kappa shape index (κ1) is 14.5. The summed E-state index contributed by atoms with van der Waals surface area (Å²) in [6, 6.07) is 13.1. The van der Waals surface area contributed by atoms with Crippen LogP contribution in [0.3, 0.4) is 0 Å². The Hall–Kier alpha value is -2.40. The molecule has 1 heterocycles. The summed E-state index contributed by atoms with van der Waals surface area (Å²) >= 11 is 1.48. The van der Waals surface area contributed by atoms with Gasteiger partial charge in [-0.25, -0.2) is 4.98 Å². The van der Waals surface area contributed by atoms with Crippen molar-refractivity contribution in [3.8, 4) is 5.75 Å². The third-order valence-corrected chi connectivity index (χ3v) is 4.13. The lowest BCUT2D eigenvalue weighted by Gasteiger charge is -2.04. The highest BCUT2D eigenvalue weighted by Gasteiger charge is 2.10. The number of hydrogen-bond acceptors (Lipinski definition) is 4. The van der Waals surface area contributed by atoms with Crippen LogP contribution in [0.25, 0.3) is 10.2 Å². The number of hydrogen-bond donors (Lipinski definition) is 1. The minimum absolute atomic E-state index is 0.168. The normalized spacial score (nSPS) is 10.6. The zero-order chi connectivity index (χ0) is 15.5. The van der Waals surface area contributed by atoms with Gasteiger partial charge in [0.25, 0.3) is 5.91 Å². The second-order valence-corrected chi connectivity index (χ2v) is 5.93. The van der Waals surface area contributed by atoms with Crippen LogP contribution in [0.15, 0.2) is 42.5 Å². The molecule has 4 nitrogen and oxygen atoms in total. The van der Waals surface area contributed by atoms with Gasteiger partial charge in [-0.1, -0.05) is 17.4 Å². The fraction of sp³-hybridized carbons (Fsp3) is 0.176. The summed E-state index contributed by atoms with van der Waals surface area (Å²) in [5.74, 6) is 0.591. The Kier molecular flexibility index (Phi) is 4.06. The van der Waals surface area contributed by atoms with Crippen LogP contribution in [-0.2, 0) is 0 Å². The average molecular weight is 312 g/mol. The molecule has 0 aliphatic heterocycles. The predicted octanol–water partition coefficient (Wildman–Crippen LogP) is 4.26. The Labute approximate surface area is 132 Å². The number of aromatic nitrogens is 1. The van der Waals surface area contributed by atoms with E-state index in [-0.39, 0.29) is 5.91 Å². The molecule has 1 N–H and O–H groups in total. The summed E-state index contributed by atoms with van der Waals surface area (Å²) in [5, 5.41) is 3.46. The minimum Gasteiger partial charge on any atom is -0.494 e. The van der Waals surface area contributed by atoms with Crippen LogP contribution in [0, 0.1) is 6.92 Å². The molecule has 1 amide bonds. The Morgan fingerprint density at radius 3 is 2.73 bits per heavy atom. The lowest BCUT2D eigenvalue weighted by molar-refractivity contribution is 0.102. The molecule has 0 unspecified atom stereocenters. The number of thiazole rings is 1. The maximum atomic E-state index is 12.2. The molecule has 0 saturated heterocycles. The van der Waals surface area contributed by atoms with Gasteiger partial charge in [0.1, 0.15) is 5.75 Å². The lowest BCUT2D eigenvalue weighted by Crippen LogP contribution is -2.11. The molecule has 0 bridgehead atoms. The maximum Gasteiger partial charge on any atom is 0.257 e. The van der Waals surface area contributed by atoms with Gasteiger partial charge < -0.3 is 4.74 Å². The molecule has 2 aromatic carbocycles. The molecular formula is C17H16N2O2S. The lowest BCUT2D eigenvalue weighted by atomic mass is 10.2. The zero-order valence-electron chi connectivity index (χ0n) is 12.4. The molecule has 3 aromatic rings. The first-order chi connectivity index (χ1) is 10.7. The van der Waals surface area contributed by atoms with E-state index in [4.69, 9.17) is 4.74 Å². The number of nitrogens with zero attached hydrogens (tertiary/aromatic N) is 1. The standard InChI is InChI=1S/C17H16N2O2S/c1-3-21-13-7-5-12(6-8-13)16(20)19-17-18-14-9-4-11(2)10-15(14)22-17/h4-10H,3H2,1-2H3,(H,18,19,20). The molecular weight excluding hydrogens is 296 g/mol.